The zero-order valence-corrected chi connectivity index (χ0v) is 16.7. The van der Waals surface area contributed by atoms with E-state index in [2.05, 4.69) is 16.6 Å². The van der Waals surface area contributed by atoms with Crippen molar-refractivity contribution < 1.29 is 40.4 Å². The number of hydrogen-bond donors (Lipinski definition) is 0. The molecule has 0 N–H and O–H groups in total. The van der Waals surface area contributed by atoms with Crippen LogP contribution in [0.4, 0.5) is 13.2 Å². The molecule has 1 fully saturated rings. The second-order valence-electron chi connectivity index (χ2n) is 6.84. The Kier molecular flexibility index (Phi) is 6.86. The molecule has 160 valence electrons. The minimum Gasteiger partial charge on any atom is -0.748 e. The zero-order chi connectivity index (χ0) is 21.9. The molecule has 1 aliphatic rings. The van der Waals surface area contributed by atoms with Gasteiger partial charge in [-0.15, -0.1) is 0 Å². The molecule has 1 unspecified atom stereocenters. The molecule has 1 aromatic rings. The third-order valence-electron chi connectivity index (χ3n) is 4.22. The van der Waals surface area contributed by atoms with Crippen molar-refractivity contribution in [3.05, 3.63) is 29.3 Å². The van der Waals surface area contributed by atoms with E-state index >= 15 is 0 Å². The van der Waals surface area contributed by atoms with Gasteiger partial charge in [0.2, 0.25) is 0 Å². The van der Waals surface area contributed by atoms with E-state index in [-0.39, 0.29) is 11.5 Å². The van der Waals surface area contributed by atoms with Crippen LogP contribution in [0.2, 0.25) is 0 Å². The van der Waals surface area contributed by atoms with Crippen LogP contribution >= 0.6 is 0 Å². The van der Waals surface area contributed by atoms with Crippen LogP contribution in [0.25, 0.3) is 0 Å². The third-order valence-corrected chi connectivity index (χ3v) is 4.88. The van der Waals surface area contributed by atoms with Crippen LogP contribution in [-0.2, 0) is 21.0 Å². The number of rotatable bonds is 7. The summed E-state index contributed by atoms with van der Waals surface area (Å²) in [4.78, 5) is 12.0. The van der Waals surface area contributed by atoms with Gasteiger partial charge in [-0.3, -0.25) is 0 Å². The number of benzene rings is 1. The van der Waals surface area contributed by atoms with Crippen molar-refractivity contribution >= 4 is 16.1 Å². The first kappa shape index (κ1) is 23.0. The van der Waals surface area contributed by atoms with Crippen molar-refractivity contribution in [2.75, 3.05) is 12.4 Å². The van der Waals surface area contributed by atoms with Crippen LogP contribution in [0.15, 0.2) is 18.2 Å². The van der Waals surface area contributed by atoms with Crippen LogP contribution in [-0.4, -0.2) is 36.9 Å². The Balaban J connectivity index is 2.29. The van der Waals surface area contributed by atoms with Gasteiger partial charge < -0.3 is 14.0 Å². The molecule has 1 aliphatic carbocycles. The van der Waals surface area contributed by atoms with Crippen LogP contribution in [0.5, 0.6) is 5.75 Å². The summed E-state index contributed by atoms with van der Waals surface area (Å²) in [5.74, 6) is 3.48. The van der Waals surface area contributed by atoms with Gasteiger partial charge in [-0.1, -0.05) is 18.8 Å². The van der Waals surface area contributed by atoms with Crippen LogP contribution < -0.4 is 4.74 Å². The fourth-order valence-corrected chi connectivity index (χ4v) is 2.49. The van der Waals surface area contributed by atoms with Gasteiger partial charge in [-0.05, 0) is 44.4 Å². The maximum atomic E-state index is 13.4. The van der Waals surface area contributed by atoms with Crippen molar-refractivity contribution in [3.8, 4) is 17.6 Å². The Morgan fingerprint density at radius 2 is 1.97 bits per heavy atom. The Bertz CT molecular complexity index is 925. The van der Waals surface area contributed by atoms with Crippen molar-refractivity contribution in [3.63, 3.8) is 0 Å². The van der Waals surface area contributed by atoms with Gasteiger partial charge in [0.15, 0.2) is 5.60 Å². The van der Waals surface area contributed by atoms with Gasteiger partial charge in [-0.2, -0.15) is 13.2 Å². The number of halogens is 3. The quantitative estimate of drug-likeness (QED) is 0.372. The van der Waals surface area contributed by atoms with E-state index in [1.807, 2.05) is 0 Å². The van der Waals surface area contributed by atoms with Crippen LogP contribution in [0, 0.1) is 17.8 Å². The fourth-order valence-electron chi connectivity index (χ4n) is 2.20. The van der Waals surface area contributed by atoms with Gasteiger partial charge in [0.25, 0.3) is 0 Å². The van der Waals surface area contributed by atoms with E-state index in [9.17, 15) is 30.9 Å². The Morgan fingerprint density at radius 3 is 2.48 bits per heavy atom. The molecular formula is C19H20F3O6S-. The topological polar surface area (TPSA) is 92.7 Å². The van der Waals surface area contributed by atoms with Crippen LogP contribution in [0.3, 0.4) is 0 Å². The molecule has 2 rings (SSSR count). The molecule has 10 heteroatoms. The van der Waals surface area contributed by atoms with Crippen molar-refractivity contribution in [2.45, 2.75) is 44.9 Å². The molecule has 0 amide bonds. The molecular weight excluding hydrogens is 413 g/mol. The summed E-state index contributed by atoms with van der Waals surface area (Å²) < 4.78 is 82.1. The molecule has 0 radical (unpaired) electrons. The molecule has 0 aromatic heterocycles. The zero-order valence-electron chi connectivity index (χ0n) is 15.8. The first-order chi connectivity index (χ1) is 13.3. The number of esters is 1. The lowest BCUT2D eigenvalue weighted by atomic mass is 10.0. The Hall–Kier alpha value is -2.25. The van der Waals surface area contributed by atoms with E-state index in [0.29, 0.717) is 12.5 Å². The average molecular weight is 433 g/mol. The molecule has 0 saturated heterocycles. The number of ether oxygens (including phenoxy) is 2. The number of alkyl halides is 3. The summed E-state index contributed by atoms with van der Waals surface area (Å²) in [6, 6.07) is 2.45. The molecule has 1 aromatic carbocycles. The number of hydrogen-bond acceptors (Lipinski definition) is 6. The molecule has 0 bridgehead atoms. The van der Waals surface area contributed by atoms with Crippen molar-refractivity contribution in [2.24, 2.45) is 5.92 Å². The van der Waals surface area contributed by atoms with E-state index in [1.165, 1.54) is 0 Å². The molecule has 6 nitrogen and oxygen atoms in total. The highest BCUT2D eigenvalue weighted by Crippen LogP contribution is 2.39. The highest BCUT2D eigenvalue weighted by molar-refractivity contribution is 7.85. The van der Waals surface area contributed by atoms with E-state index in [1.54, 1.807) is 13.8 Å². The smallest absolute Gasteiger partial charge is 0.419 e. The maximum absolute atomic E-state index is 13.4. The summed E-state index contributed by atoms with van der Waals surface area (Å²) in [6.45, 7) is 2.57. The first-order valence-corrected chi connectivity index (χ1v) is 10.4. The van der Waals surface area contributed by atoms with Gasteiger partial charge in [-0.25, -0.2) is 13.2 Å². The highest BCUT2D eigenvalue weighted by Gasteiger charge is 2.37. The van der Waals surface area contributed by atoms with Crippen molar-refractivity contribution in [1.82, 2.24) is 0 Å². The standard InChI is InChI=1S/C19H21F3O6S/c1-3-18(2,9-8-13-4-5-13)28-16-12-14(6-7-15(16)19(20,21)22)17(23)27-10-11-29(24,25)26/h6-7,12-13H,3-5,10-11H2,1-2H3,(H,24,25,26)/p-1. The second kappa shape index (κ2) is 8.63. The summed E-state index contributed by atoms with van der Waals surface area (Å²) in [5, 5.41) is 0. The fraction of sp³-hybridized carbons (Fsp3) is 0.526. The molecule has 0 heterocycles. The summed E-state index contributed by atoms with van der Waals surface area (Å²) in [6.07, 6.45) is -2.53. The lowest BCUT2D eigenvalue weighted by molar-refractivity contribution is -0.139. The number of carbonyl (C=O) groups is 1. The monoisotopic (exact) mass is 433 g/mol. The minimum atomic E-state index is -4.73. The van der Waals surface area contributed by atoms with E-state index in [4.69, 9.17) is 4.74 Å². The maximum Gasteiger partial charge on any atom is 0.419 e. The SMILES string of the molecule is CCC(C)(C#CC1CC1)Oc1cc(C(=O)OCCS(=O)(=O)[O-])ccc1C(F)(F)F. The Morgan fingerprint density at radius 1 is 1.31 bits per heavy atom. The van der Waals surface area contributed by atoms with E-state index < -0.39 is 51.5 Å². The normalized spacial score (nSPS) is 16.3. The number of carbonyl (C=O) groups excluding carboxylic acids is 1. The lowest BCUT2D eigenvalue weighted by Crippen LogP contribution is -2.31. The highest BCUT2D eigenvalue weighted by atomic mass is 32.2. The van der Waals surface area contributed by atoms with Crippen molar-refractivity contribution in [1.29, 1.82) is 0 Å². The first-order valence-electron chi connectivity index (χ1n) is 8.86. The van der Waals surface area contributed by atoms with Gasteiger partial charge in [0.05, 0.1) is 27.0 Å². The lowest BCUT2D eigenvalue weighted by Gasteiger charge is -2.26. The van der Waals surface area contributed by atoms with E-state index in [0.717, 1.165) is 25.0 Å². The largest absolute Gasteiger partial charge is 0.748 e. The third kappa shape index (κ3) is 7.25. The summed E-state index contributed by atoms with van der Waals surface area (Å²) in [5.41, 5.74) is -2.55. The predicted octanol–water partition coefficient (Wildman–Crippen LogP) is 3.37. The van der Waals surface area contributed by atoms with Gasteiger partial charge in [0, 0.05) is 5.92 Å². The Labute approximate surface area is 167 Å². The summed E-state index contributed by atoms with van der Waals surface area (Å²) >= 11 is 0. The predicted molar refractivity (Wildman–Crippen MR) is 96.1 cm³/mol. The molecule has 1 atom stereocenters. The summed E-state index contributed by atoms with van der Waals surface area (Å²) in [7, 11) is -4.59. The molecule has 29 heavy (non-hydrogen) atoms. The second-order valence-corrected chi connectivity index (χ2v) is 8.36. The van der Waals surface area contributed by atoms with Gasteiger partial charge in [0.1, 0.15) is 12.4 Å². The molecule has 0 aliphatic heterocycles. The van der Waals surface area contributed by atoms with Crippen LogP contribution in [0.1, 0.15) is 49.0 Å². The molecule has 0 spiro atoms. The minimum absolute atomic E-state index is 0.227. The average Bonchev–Trinajstić information content (AvgIpc) is 3.42. The van der Waals surface area contributed by atoms with Gasteiger partial charge >= 0.3 is 12.1 Å². The molecule has 1 saturated carbocycles.